The summed E-state index contributed by atoms with van der Waals surface area (Å²) < 4.78 is 13.1. The van der Waals surface area contributed by atoms with Gasteiger partial charge in [0, 0.05) is 29.5 Å². The van der Waals surface area contributed by atoms with Gasteiger partial charge < -0.3 is 19.4 Å². The van der Waals surface area contributed by atoms with E-state index >= 15 is 0 Å². The fraction of sp³-hybridized carbons (Fsp3) is 0.0833. The molecule has 0 bridgehead atoms. The van der Waals surface area contributed by atoms with Crippen LogP contribution in [0.1, 0.15) is 15.9 Å². The van der Waals surface area contributed by atoms with Crippen LogP contribution in [0.3, 0.4) is 0 Å². The maximum absolute atomic E-state index is 12.8. The van der Waals surface area contributed by atoms with Crippen molar-refractivity contribution < 1.29 is 14.3 Å². The highest BCUT2D eigenvalue weighted by molar-refractivity contribution is 6.31. The number of carbonyl (C=O) groups is 1. The van der Waals surface area contributed by atoms with Crippen molar-refractivity contribution in [2.24, 2.45) is 0 Å². The van der Waals surface area contributed by atoms with Crippen LogP contribution in [0, 0.1) is 0 Å². The number of benzene rings is 3. The molecule has 0 saturated carbocycles. The molecule has 1 amide bonds. The monoisotopic (exact) mass is 433 g/mol. The van der Waals surface area contributed by atoms with E-state index in [1.54, 1.807) is 74.2 Å². The van der Waals surface area contributed by atoms with E-state index in [1.807, 2.05) is 22.9 Å². The van der Waals surface area contributed by atoms with E-state index in [0.29, 0.717) is 34.3 Å². The maximum atomic E-state index is 12.8. The number of nitrogens with zero attached hydrogens (tertiary/aromatic N) is 2. The first-order valence-electron chi connectivity index (χ1n) is 9.58. The first kappa shape index (κ1) is 20.5. The van der Waals surface area contributed by atoms with Crippen molar-refractivity contribution in [2.45, 2.75) is 6.54 Å². The summed E-state index contributed by atoms with van der Waals surface area (Å²) in [6.07, 6.45) is 5.38. The molecule has 7 heteroatoms. The van der Waals surface area contributed by atoms with E-state index in [0.717, 1.165) is 11.3 Å². The number of carbonyl (C=O) groups excluding carboxylic acids is 1. The lowest BCUT2D eigenvalue weighted by Gasteiger charge is -2.13. The minimum absolute atomic E-state index is 0.254. The molecule has 1 N–H and O–H groups in total. The average Bonchev–Trinajstić information content (AvgIpc) is 3.29. The van der Waals surface area contributed by atoms with Crippen molar-refractivity contribution in [3.05, 3.63) is 102 Å². The van der Waals surface area contributed by atoms with E-state index in [1.165, 1.54) is 0 Å². The van der Waals surface area contributed by atoms with Gasteiger partial charge in [0.2, 0.25) is 0 Å². The molecule has 1 heterocycles. The Hall–Kier alpha value is -3.77. The number of ether oxygens (including phenoxy) is 2. The molecule has 1 aromatic heterocycles. The third-order valence-electron chi connectivity index (χ3n) is 4.62. The van der Waals surface area contributed by atoms with Crippen molar-refractivity contribution >= 4 is 23.2 Å². The van der Waals surface area contributed by atoms with Gasteiger partial charge in [0.25, 0.3) is 5.91 Å². The Morgan fingerprint density at radius 2 is 1.77 bits per heavy atom. The Balaban J connectivity index is 1.48. The van der Waals surface area contributed by atoms with E-state index in [2.05, 4.69) is 10.3 Å². The molecule has 31 heavy (non-hydrogen) atoms. The molecule has 6 nitrogen and oxygen atoms in total. The van der Waals surface area contributed by atoms with Gasteiger partial charge in [-0.25, -0.2) is 4.98 Å². The number of nitrogens with one attached hydrogen (secondary N) is 1. The van der Waals surface area contributed by atoms with Crippen LogP contribution in [0.4, 0.5) is 5.69 Å². The molecule has 3 aromatic carbocycles. The zero-order valence-corrected chi connectivity index (χ0v) is 17.5. The zero-order valence-electron chi connectivity index (χ0n) is 16.8. The summed E-state index contributed by atoms with van der Waals surface area (Å²) in [6, 6.07) is 19.7. The molecule has 0 radical (unpaired) electrons. The van der Waals surface area contributed by atoms with Crippen molar-refractivity contribution in [2.75, 3.05) is 12.4 Å². The molecule has 0 saturated heterocycles. The minimum Gasteiger partial charge on any atom is -0.497 e. The van der Waals surface area contributed by atoms with E-state index in [4.69, 9.17) is 21.1 Å². The highest BCUT2D eigenvalue weighted by atomic mass is 35.5. The molecule has 156 valence electrons. The molecule has 4 rings (SSSR count). The molecule has 0 aliphatic heterocycles. The number of aromatic nitrogens is 2. The van der Waals surface area contributed by atoms with Crippen molar-refractivity contribution in [1.29, 1.82) is 0 Å². The van der Waals surface area contributed by atoms with Crippen molar-refractivity contribution in [3.63, 3.8) is 0 Å². The third kappa shape index (κ3) is 5.24. The number of amides is 1. The number of anilines is 1. The van der Waals surface area contributed by atoms with Gasteiger partial charge >= 0.3 is 0 Å². The number of hydrogen-bond acceptors (Lipinski definition) is 4. The van der Waals surface area contributed by atoms with Gasteiger partial charge in [0.15, 0.2) is 5.75 Å². The summed E-state index contributed by atoms with van der Waals surface area (Å²) >= 11 is 6.15. The first-order valence-corrected chi connectivity index (χ1v) is 9.96. The van der Waals surface area contributed by atoms with Crippen LogP contribution < -0.4 is 14.8 Å². The topological polar surface area (TPSA) is 65.4 Å². The summed E-state index contributed by atoms with van der Waals surface area (Å²) in [5, 5.41) is 3.38. The van der Waals surface area contributed by atoms with Crippen LogP contribution in [-0.2, 0) is 6.54 Å². The van der Waals surface area contributed by atoms with Gasteiger partial charge in [0.05, 0.1) is 19.1 Å². The second-order valence-corrected chi connectivity index (χ2v) is 7.24. The average molecular weight is 434 g/mol. The molecule has 0 fully saturated rings. The Morgan fingerprint density at radius 1 is 1.03 bits per heavy atom. The molecular formula is C24H20ClN3O3. The summed E-state index contributed by atoms with van der Waals surface area (Å²) in [5.74, 6) is 1.58. The number of rotatable bonds is 7. The van der Waals surface area contributed by atoms with Gasteiger partial charge in [-0.05, 0) is 60.2 Å². The van der Waals surface area contributed by atoms with Gasteiger partial charge in [0.1, 0.15) is 11.5 Å². The lowest BCUT2D eigenvalue weighted by atomic mass is 10.1. The molecule has 0 unspecified atom stereocenters. The fourth-order valence-electron chi connectivity index (χ4n) is 3.01. The molecule has 0 aliphatic rings. The van der Waals surface area contributed by atoms with E-state index < -0.39 is 0 Å². The maximum Gasteiger partial charge on any atom is 0.255 e. The van der Waals surface area contributed by atoms with Crippen LogP contribution in [0.2, 0.25) is 5.02 Å². The van der Waals surface area contributed by atoms with Crippen molar-refractivity contribution in [3.8, 4) is 17.2 Å². The Bertz CT molecular complexity index is 1160. The standard InChI is InChI=1S/C24H20ClN3O3/c1-30-20-7-9-21(10-8-20)31-23-11-6-19(25)14-22(23)27-24(29)18-4-2-17(3-5-18)15-28-13-12-26-16-28/h2-14,16H,15H2,1H3,(H,27,29). The summed E-state index contributed by atoms with van der Waals surface area (Å²) in [6.45, 7) is 0.691. The lowest BCUT2D eigenvalue weighted by molar-refractivity contribution is 0.102. The summed E-state index contributed by atoms with van der Waals surface area (Å²) in [7, 11) is 1.60. The van der Waals surface area contributed by atoms with E-state index in [9.17, 15) is 4.79 Å². The van der Waals surface area contributed by atoms with Crippen molar-refractivity contribution in [1.82, 2.24) is 9.55 Å². The second kappa shape index (κ2) is 9.36. The summed E-state index contributed by atoms with van der Waals surface area (Å²) in [4.78, 5) is 16.8. The largest absolute Gasteiger partial charge is 0.497 e. The normalized spacial score (nSPS) is 10.5. The predicted octanol–water partition coefficient (Wildman–Crippen LogP) is 5.64. The number of methoxy groups -OCH3 is 1. The highest BCUT2D eigenvalue weighted by Gasteiger charge is 2.12. The minimum atomic E-state index is -0.254. The van der Waals surface area contributed by atoms with Crippen LogP contribution in [0.25, 0.3) is 0 Å². The van der Waals surface area contributed by atoms with Crippen LogP contribution >= 0.6 is 11.6 Å². The quantitative estimate of drug-likeness (QED) is 0.409. The fourth-order valence-corrected chi connectivity index (χ4v) is 3.18. The molecule has 0 spiro atoms. The van der Waals surface area contributed by atoms with Crippen LogP contribution in [0.15, 0.2) is 85.5 Å². The second-order valence-electron chi connectivity index (χ2n) is 6.80. The van der Waals surface area contributed by atoms with Gasteiger partial charge in [-0.1, -0.05) is 23.7 Å². The van der Waals surface area contributed by atoms with Gasteiger partial charge in [-0.15, -0.1) is 0 Å². The summed E-state index contributed by atoms with van der Waals surface area (Å²) in [5.41, 5.74) is 2.08. The molecule has 0 atom stereocenters. The molecule has 0 aliphatic carbocycles. The zero-order chi connectivity index (χ0) is 21.6. The predicted molar refractivity (Wildman–Crippen MR) is 120 cm³/mol. The SMILES string of the molecule is COc1ccc(Oc2ccc(Cl)cc2NC(=O)c2ccc(Cn3ccnc3)cc2)cc1. The smallest absolute Gasteiger partial charge is 0.255 e. The number of hydrogen-bond donors (Lipinski definition) is 1. The van der Waals surface area contributed by atoms with Crippen LogP contribution in [0.5, 0.6) is 17.2 Å². The number of halogens is 1. The molecule has 4 aromatic rings. The lowest BCUT2D eigenvalue weighted by Crippen LogP contribution is -2.12. The Kier molecular flexibility index (Phi) is 6.19. The first-order chi connectivity index (χ1) is 15.1. The van der Waals surface area contributed by atoms with Crippen LogP contribution in [-0.4, -0.2) is 22.6 Å². The Morgan fingerprint density at radius 3 is 2.45 bits per heavy atom. The number of imidazole rings is 1. The van der Waals surface area contributed by atoms with Gasteiger partial charge in [-0.3, -0.25) is 4.79 Å². The molecular weight excluding hydrogens is 414 g/mol. The van der Waals surface area contributed by atoms with E-state index in [-0.39, 0.29) is 5.91 Å². The Labute approximate surface area is 185 Å². The van der Waals surface area contributed by atoms with Gasteiger partial charge in [-0.2, -0.15) is 0 Å². The highest BCUT2D eigenvalue weighted by Crippen LogP contribution is 2.33. The third-order valence-corrected chi connectivity index (χ3v) is 4.85.